The van der Waals surface area contributed by atoms with Gasteiger partial charge in [-0.25, -0.2) is 4.98 Å². The molecule has 11 heteroatoms. The van der Waals surface area contributed by atoms with Crippen molar-refractivity contribution in [3.8, 4) is 11.8 Å². The molecular formula is C32H34F3N7O. The van der Waals surface area contributed by atoms with E-state index in [9.17, 15) is 18.0 Å². The average Bonchev–Trinajstić information content (AvgIpc) is 3.33. The van der Waals surface area contributed by atoms with Gasteiger partial charge in [0.15, 0.2) is 0 Å². The molecule has 1 saturated carbocycles. The molecule has 1 aliphatic rings. The lowest BCUT2D eigenvalue weighted by atomic mass is 9.90. The molecule has 3 aromatic heterocycles. The van der Waals surface area contributed by atoms with E-state index in [0.29, 0.717) is 28.6 Å². The monoisotopic (exact) mass is 589 g/mol. The molecule has 224 valence electrons. The first-order chi connectivity index (χ1) is 20.7. The molecule has 3 heterocycles. The van der Waals surface area contributed by atoms with Crippen LogP contribution in [0.25, 0.3) is 10.9 Å². The number of carbonyl (C=O) groups excluding carboxylic acids is 1. The third kappa shape index (κ3) is 7.84. The van der Waals surface area contributed by atoms with Gasteiger partial charge < -0.3 is 25.4 Å². The Hall–Kier alpha value is -4.56. The van der Waals surface area contributed by atoms with Crippen LogP contribution in [-0.2, 0) is 6.54 Å². The van der Waals surface area contributed by atoms with Crippen LogP contribution in [0.3, 0.4) is 0 Å². The third-order valence-corrected chi connectivity index (χ3v) is 7.58. The van der Waals surface area contributed by atoms with Crippen molar-refractivity contribution in [2.45, 2.75) is 50.5 Å². The van der Waals surface area contributed by atoms with Gasteiger partial charge in [-0.2, -0.15) is 13.2 Å². The highest BCUT2D eigenvalue weighted by molar-refractivity contribution is 6.02. The molecule has 1 aliphatic carbocycles. The predicted molar refractivity (Wildman–Crippen MR) is 163 cm³/mol. The van der Waals surface area contributed by atoms with E-state index in [-0.39, 0.29) is 24.2 Å². The van der Waals surface area contributed by atoms with Gasteiger partial charge in [0, 0.05) is 29.4 Å². The number of rotatable bonds is 8. The largest absolute Gasteiger partial charge is 0.406 e. The number of hydrogen-bond acceptors (Lipinski definition) is 6. The fraction of sp³-hybridized carbons (Fsp3) is 0.344. The van der Waals surface area contributed by atoms with Gasteiger partial charge in [0.05, 0.1) is 41.5 Å². The summed E-state index contributed by atoms with van der Waals surface area (Å²) in [5, 5.41) is 10.1. The minimum absolute atomic E-state index is 0.177. The highest BCUT2D eigenvalue weighted by Crippen LogP contribution is 2.32. The van der Waals surface area contributed by atoms with Crippen molar-refractivity contribution in [3.05, 3.63) is 78.5 Å². The number of amides is 1. The number of benzene rings is 1. The van der Waals surface area contributed by atoms with Crippen LogP contribution in [0.5, 0.6) is 0 Å². The minimum Gasteiger partial charge on any atom is -0.382 e. The molecule has 0 atom stereocenters. The van der Waals surface area contributed by atoms with Crippen molar-refractivity contribution < 1.29 is 18.0 Å². The molecule has 0 radical (unpaired) electrons. The molecule has 0 aliphatic heterocycles. The predicted octanol–water partition coefficient (Wildman–Crippen LogP) is 5.99. The van der Waals surface area contributed by atoms with Gasteiger partial charge >= 0.3 is 6.18 Å². The summed E-state index contributed by atoms with van der Waals surface area (Å²) in [6.45, 7) is -0.950. The second-order valence-electron chi connectivity index (χ2n) is 10.9. The molecule has 43 heavy (non-hydrogen) atoms. The summed E-state index contributed by atoms with van der Waals surface area (Å²) >= 11 is 0. The quantitative estimate of drug-likeness (QED) is 0.219. The van der Waals surface area contributed by atoms with Crippen LogP contribution in [-0.4, -0.2) is 64.2 Å². The Bertz CT molecular complexity index is 1600. The molecule has 5 rings (SSSR count). The molecule has 0 spiro atoms. The van der Waals surface area contributed by atoms with Crippen LogP contribution in [0.15, 0.2) is 67.1 Å². The number of anilines is 3. The van der Waals surface area contributed by atoms with Gasteiger partial charge in [-0.3, -0.25) is 9.78 Å². The van der Waals surface area contributed by atoms with E-state index in [4.69, 9.17) is 0 Å². The molecule has 1 fully saturated rings. The molecule has 3 N–H and O–H groups in total. The summed E-state index contributed by atoms with van der Waals surface area (Å²) in [5.41, 5.74) is 3.02. The lowest BCUT2D eigenvalue weighted by Gasteiger charge is -2.33. The van der Waals surface area contributed by atoms with E-state index in [1.807, 2.05) is 6.07 Å². The Kier molecular flexibility index (Phi) is 9.16. The van der Waals surface area contributed by atoms with Crippen LogP contribution in [0.2, 0.25) is 0 Å². The highest BCUT2D eigenvalue weighted by atomic mass is 19.4. The first-order valence-electron chi connectivity index (χ1n) is 14.2. The van der Waals surface area contributed by atoms with Crippen LogP contribution >= 0.6 is 0 Å². The number of halogens is 3. The lowest BCUT2D eigenvalue weighted by molar-refractivity contribution is -0.140. The summed E-state index contributed by atoms with van der Waals surface area (Å²) in [5.74, 6) is 5.49. The van der Waals surface area contributed by atoms with Gasteiger partial charge in [-0.1, -0.05) is 12.0 Å². The molecule has 1 amide bonds. The standard InChI is InChI=1S/C32H34F3N7O/c1-41(2)25-13-10-22(11-14-25)39-28-8-3-9-30-27(28)18-26(42(30)21-32(33,34)35)7-5-17-37-23-12-15-29(38-20-23)31(43)40-24-6-4-16-36-19-24/h3-4,6,8-9,12,15-16,18-20,22,25,37,39H,10-11,13-14,17,21H2,1-2H3,(H,40,43). The minimum atomic E-state index is -4.40. The Labute approximate surface area is 248 Å². The van der Waals surface area contributed by atoms with Crippen LogP contribution in [0.1, 0.15) is 41.9 Å². The molecule has 0 saturated heterocycles. The number of fused-ring (bicyclic) bond motifs is 1. The molecule has 4 aromatic rings. The van der Waals surface area contributed by atoms with E-state index >= 15 is 0 Å². The lowest BCUT2D eigenvalue weighted by Crippen LogP contribution is -2.36. The summed E-state index contributed by atoms with van der Waals surface area (Å²) < 4.78 is 42.0. The second kappa shape index (κ2) is 13.2. The highest BCUT2D eigenvalue weighted by Gasteiger charge is 2.30. The van der Waals surface area contributed by atoms with E-state index in [2.05, 4.69) is 56.8 Å². The van der Waals surface area contributed by atoms with Gasteiger partial charge in [-0.05, 0) is 88.2 Å². The Morgan fingerprint density at radius 1 is 1.05 bits per heavy atom. The summed E-state index contributed by atoms with van der Waals surface area (Å²) in [6.07, 6.45) is 4.43. The zero-order valence-corrected chi connectivity index (χ0v) is 24.1. The molecule has 8 nitrogen and oxygen atoms in total. The first-order valence-corrected chi connectivity index (χ1v) is 14.2. The van der Waals surface area contributed by atoms with Crippen molar-refractivity contribution in [1.82, 2.24) is 19.4 Å². The smallest absolute Gasteiger partial charge is 0.382 e. The first kappa shape index (κ1) is 29.9. The number of nitrogens with one attached hydrogen (secondary N) is 3. The third-order valence-electron chi connectivity index (χ3n) is 7.58. The van der Waals surface area contributed by atoms with Gasteiger partial charge in [-0.15, -0.1) is 0 Å². The average molecular weight is 590 g/mol. The van der Waals surface area contributed by atoms with Crippen LogP contribution in [0.4, 0.5) is 30.2 Å². The van der Waals surface area contributed by atoms with E-state index < -0.39 is 12.7 Å². The maximum absolute atomic E-state index is 13.6. The molecule has 1 aromatic carbocycles. The van der Waals surface area contributed by atoms with Crippen LogP contribution in [0, 0.1) is 11.8 Å². The van der Waals surface area contributed by atoms with Crippen molar-refractivity contribution >= 4 is 33.9 Å². The zero-order valence-electron chi connectivity index (χ0n) is 24.1. The van der Waals surface area contributed by atoms with Crippen molar-refractivity contribution in [2.24, 2.45) is 0 Å². The van der Waals surface area contributed by atoms with Crippen molar-refractivity contribution in [2.75, 3.05) is 36.6 Å². The molecule has 0 unspecified atom stereocenters. The number of carbonyl (C=O) groups is 1. The molecule has 0 bridgehead atoms. The van der Waals surface area contributed by atoms with Crippen molar-refractivity contribution in [1.29, 1.82) is 0 Å². The second-order valence-corrected chi connectivity index (χ2v) is 10.9. The number of nitrogens with zero attached hydrogens (tertiary/aromatic N) is 4. The molecular weight excluding hydrogens is 555 g/mol. The summed E-state index contributed by atoms with van der Waals surface area (Å²) in [6, 6.07) is 14.7. The maximum Gasteiger partial charge on any atom is 0.406 e. The maximum atomic E-state index is 13.6. The van der Waals surface area contributed by atoms with Gasteiger partial charge in [0.1, 0.15) is 12.2 Å². The number of alkyl halides is 3. The number of aromatic nitrogens is 3. The van der Waals surface area contributed by atoms with E-state index in [1.165, 1.54) is 17.0 Å². The Balaban J connectivity index is 1.27. The number of pyridine rings is 2. The fourth-order valence-electron chi connectivity index (χ4n) is 5.37. The normalized spacial score (nSPS) is 16.9. The van der Waals surface area contributed by atoms with E-state index in [0.717, 1.165) is 36.8 Å². The Morgan fingerprint density at radius 3 is 2.53 bits per heavy atom. The zero-order chi connectivity index (χ0) is 30.4. The van der Waals surface area contributed by atoms with Crippen LogP contribution < -0.4 is 16.0 Å². The summed E-state index contributed by atoms with van der Waals surface area (Å²) in [4.78, 5) is 22.8. The van der Waals surface area contributed by atoms with E-state index in [1.54, 1.807) is 48.7 Å². The summed E-state index contributed by atoms with van der Waals surface area (Å²) in [7, 11) is 4.19. The van der Waals surface area contributed by atoms with Gasteiger partial charge in [0.25, 0.3) is 5.91 Å². The number of hydrogen-bond donors (Lipinski definition) is 3. The van der Waals surface area contributed by atoms with Gasteiger partial charge in [0.2, 0.25) is 0 Å². The van der Waals surface area contributed by atoms with Crippen molar-refractivity contribution in [3.63, 3.8) is 0 Å². The Morgan fingerprint density at radius 2 is 1.86 bits per heavy atom. The fourth-order valence-corrected chi connectivity index (χ4v) is 5.37. The topological polar surface area (TPSA) is 87.1 Å². The SMILES string of the molecule is CN(C)C1CCC(Nc2cccc3c2cc(C#CCNc2ccc(C(=O)Nc4cccnc4)nc2)n3CC(F)(F)F)CC1.